The molecule has 2 atom stereocenters. The largest absolute Gasteiger partial charge is 0.384 e. The van der Waals surface area contributed by atoms with E-state index in [-0.39, 0.29) is 10.6 Å². The minimum atomic E-state index is -4.59. The van der Waals surface area contributed by atoms with Gasteiger partial charge in [0.2, 0.25) is 9.84 Å². The summed E-state index contributed by atoms with van der Waals surface area (Å²) >= 11 is 0. The zero-order valence-electron chi connectivity index (χ0n) is 11.6. The quantitative estimate of drug-likeness (QED) is 0.845. The van der Waals surface area contributed by atoms with Crippen molar-refractivity contribution in [2.45, 2.75) is 29.9 Å². The Morgan fingerprint density at radius 1 is 1.24 bits per heavy atom. The van der Waals surface area contributed by atoms with Gasteiger partial charge in [0.25, 0.3) is 0 Å². The predicted molar refractivity (Wildman–Crippen MR) is 78.0 cm³/mol. The Morgan fingerprint density at radius 3 is 2.57 bits per heavy atom. The third-order valence-corrected chi connectivity index (χ3v) is 5.54. The molecule has 0 amide bonds. The Balaban J connectivity index is 2.14. The Kier molecular flexibility index (Phi) is 5.16. The van der Waals surface area contributed by atoms with E-state index in [4.69, 9.17) is 5.73 Å². The topological polar surface area (TPSA) is 72.2 Å². The van der Waals surface area contributed by atoms with Gasteiger partial charge in [-0.05, 0) is 43.4 Å². The van der Waals surface area contributed by atoms with E-state index < -0.39 is 15.6 Å². The average molecular weight is 318 g/mol. The molecule has 3 N–H and O–H groups in total. The second-order valence-corrected chi connectivity index (χ2v) is 7.26. The van der Waals surface area contributed by atoms with Crippen molar-refractivity contribution in [3.05, 3.63) is 24.3 Å². The number of hydrogen-bond donors (Lipinski definition) is 2. The SMILES string of the molecule is NCC1CCCC1CNc1ccccc1S(=O)(=O)C(F)F. The number of benzene rings is 1. The van der Waals surface area contributed by atoms with E-state index in [9.17, 15) is 17.2 Å². The van der Waals surface area contributed by atoms with Gasteiger partial charge in [0, 0.05) is 6.54 Å². The van der Waals surface area contributed by atoms with Crippen molar-refractivity contribution in [2.75, 3.05) is 18.4 Å². The summed E-state index contributed by atoms with van der Waals surface area (Å²) in [5, 5.41) is 3.01. The molecule has 0 aliphatic heterocycles. The summed E-state index contributed by atoms with van der Waals surface area (Å²) in [6, 6.07) is 5.79. The maximum Gasteiger partial charge on any atom is 0.341 e. The molecule has 1 aliphatic carbocycles. The Bertz CT molecular complexity index is 578. The van der Waals surface area contributed by atoms with Crippen LogP contribution in [0.1, 0.15) is 19.3 Å². The lowest BCUT2D eigenvalue weighted by atomic mass is 9.96. The molecule has 2 rings (SSSR count). The summed E-state index contributed by atoms with van der Waals surface area (Å²) in [6.45, 7) is 1.15. The highest BCUT2D eigenvalue weighted by atomic mass is 32.2. The van der Waals surface area contributed by atoms with E-state index in [0.717, 1.165) is 19.3 Å². The molecule has 0 aromatic heterocycles. The van der Waals surface area contributed by atoms with Gasteiger partial charge in [-0.3, -0.25) is 0 Å². The van der Waals surface area contributed by atoms with Gasteiger partial charge in [-0.1, -0.05) is 18.6 Å². The first-order valence-electron chi connectivity index (χ1n) is 7.02. The first kappa shape index (κ1) is 16.2. The van der Waals surface area contributed by atoms with Crippen LogP contribution in [0.15, 0.2) is 29.2 Å². The summed E-state index contributed by atoms with van der Waals surface area (Å²) in [7, 11) is -4.59. The summed E-state index contributed by atoms with van der Waals surface area (Å²) in [5.41, 5.74) is 5.95. The molecule has 0 saturated heterocycles. The molecule has 0 radical (unpaired) electrons. The molecule has 0 bridgehead atoms. The van der Waals surface area contributed by atoms with Gasteiger partial charge in [0.1, 0.15) is 0 Å². The zero-order chi connectivity index (χ0) is 15.5. The van der Waals surface area contributed by atoms with Gasteiger partial charge in [-0.15, -0.1) is 0 Å². The van der Waals surface area contributed by atoms with Crippen molar-refractivity contribution in [3.63, 3.8) is 0 Å². The van der Waals surface area contributed by atoms with Gasteiger partial charge in [0.05, 0.1) is 10.6 Å². The van der Waals surface area contributed by atoms with E-state index in [1.807, 2.05) is 0 Å². The molecule has 7 heteroatoms. The fourth-order valence-electron chi connectivity index (χ4n) is 2.89. The maximum absolute atomic E-state index is 12.7. The van der Waals surface area contributed by atoms with Crippen molar-refractivity contribution < 1.29 is 17.2 Å². The second-order valence-electron chi connectivity index (χ2n) is 5.37. The lowest BCUT2D eigenvalue weighted by Gasteiger charge is -2.20. The Labute approximate surface area is 123 Å². The van der Waals surface area contributed by atoms with Crippen LogP contribution in [0.2, 0.25) is 0 Å². The molecular weight excluding hydrogens is 298 g/mol. The highest BCUT2D eigenvalue weighted by Gasteiger charge is 2.30. The summed E-state index contributed by atoms with van der Waals surface area (Å²) < 4.78 is 48.7. The van der Waals surface area contributed by atoms with Gasteiger partial charge in [0.15, 0.2) is 0 Å². The van der Waals surface area contributed by atoms with Crippen molar-refractivity contribution in [1.29, 1.82) is 0 Å². The molecule has 1 fully saturated rings. The van der Waals surface area contributed by atoms with E-state index in [0.29, 0.717) is 24.9 Å². The summed E-state index contributed by atoms with van der Waals surface area (Å²) in [6.07, 6.45) is 3.20. The first-order chi connectivity index (χ1) is 9.96. The van der Waals surface area contributed by atoms with Crippen LogP contribution in [0.5, 0.6) is 0 Å². The smallest absolute Gasteiger partial charge is 0.341 e. The third kappa shape index (κ3) is 3.52. The highest BCUT2D eigenvalue weighted by Crippen LogP contribution is 2.32. The lowest BCUT2D eigenvalue weighted by molar-refractivity contribution is 0.235. The van der Waals surface area contributed by atoms with Crippen LogP contribution in [0.25, 0.3) is 0 Å². The van der Waals surface area contributed by atoms with Gasteiger partial charge >= 0.3 is 5.76 Å². The molecule has 1 aromatic carbocycles. The fourth-order valence-corrected chi connectivity index (χ4v) is 3.80. The molecule has 118 valence electrons. The number of hydrogen-bond acceptors (Lipinski definition) is 4. The number of nitrogens with one attached hydrogen (secondary N) is 1. The third-order valence-electron chi connectivity index (χ3n) is 4.10. The molecule has 4 nitrogen and oxygen atoms in total. The van der Waals surface area contributed by atoms with Crippen LogP contribution in [0, 0.1) is 11.8 Å². The summed E-state index contributed by atoms with van der Waals surface area (Å²) in [5.74, 6) is -2.64. The minimum absolute atomic E-state index is 0.237. The molecule has 1 aliphatic rings. The monoisotopic (exact) mass is 318 g/mol. The number of nitrogens with two attached hydrogens (primary N) is 1. The van der Waals surface area contributed by atoms with E-state index in [1.54, 1.807) is 6.07 Å². The fraction of sp³-hybridized carbons (Fsp3) is 0.571. The number of rotatable bonds is 6. The highest BCUT2D eigenvalue weighted by molar-refractivity contribution is 7.91. The van der Waals surface area contributed by atoms with Crippen molar-refractivity contribution in [3.8, 4) is 0 Å². The van der Waals surface area contributed by atoms with Crippen molar-refractivity contribution in [1.82, 2.24) is 0 Å². The van der Waals surface area contributed by atoms with E-state index >= 15 is 0 Å². The van der Waals surface area contributed by atoms with Crippen LogP contribution >= 0.6 is 0 Å². The van der Waals surface area contributed by atoms with Gasteiger partial charge < -0.3 is 11.1 Å². The van der Waals surface area contributed by atoms with E-state index in [2.05, 4.69) is 5.32 Å². The molecule has 1 saturated carbocycles. The predicted octanol–water partition coefficient (Wildman–Crippen LogP) is 2.47. The number of para-hydroxylation sites is 1. The van der Waals surface area contributed by atoms with Crippen LogP contribution in [0.3, 0.4) is 0 Å². The number of sulfone groups is 1. The molecule has 21 heavy (non-hydrogen) atoms. The molecule has 1 aromatic rings. The number of alkyl halides is 2. The second kappa shape index (κ2) is 6.70. The lowest BCUT2D eigenvalue weighted by Crippen LogP contribution is -2.25. The maximum atomic E-state index is 12.7. The van der Waals surface area contributed by atoms with Crippen molar-refractivity contribution >= 4 is 15.5 Å². The normalized spacial score (nSPS) is 22.7. The van der Waals surface area contributed by atoms with Crippen LogP contribution in [-0.2, 0) is 9.84 Å². The van der Waals surface area contributed by atoms with Gasteiger partial charge in [-0.2, -0.15) is 8.78 Å². The first-order valence-corrected chi connectivity index (χ1v) is 8.56. The molecular formula is C14H20F2N2O2S. The van der Waals surface area contributed by atoms with Crippen LogP contribution in [-0.4, -0.2) is 27.3 Å². The standard InChI is InChI=1S/C14H20F2N2O2S/c15-14(16)21(19,20)13-7-2-1-6-12(13)18-9-11-5-3-4-10(11)8-17/h1-2,6-7,10-11,14,18H,3-5,8-9,17H2. The Morgan fingerprint density at radius 2 is 1.90 bits per heavy atom. The average Bonchev–Trinajstić information content (AvgIpc) is 2.92. The van der Waals surface area contributed by atoms with Gasteiger partial charge in [-0.25, -0.2) is 8.42 Å². The zero-order valence-corrected chi connectivity index (χ0v) is 12.5. The van der Waals surface area contributed by atoms with Crippen molar-refractivity contribution in [2.24, 2.45) is 17.6 Å². The van der Waals surface area contributed by atoms with E-state index in [1.165, 1.54) is 18.2 Å². The molecule has 0 heterocycles. The van der Waals surface area contributed by atoms with Crippen LogP contribution in [0.4, 0.5) is 14.5 Å². The summed E-state index contributed by atoms with van der Waals surface area (Å²) in [4.78, 5) is -0.345. The number of anilines is 1. The number of halogens is 2. The molecule has 0 spiro atoms. The molecule has 2 unspecified atom stereocenters. The van der Waals surface area contributed by atoms with Crippen LogP contribution < -0.4 is 11.1 Å². The minimum Gasteiger partial charge on any atom is -0.384 e. The Hall–Kier alpha value is -1.21.